The molecule has 104 valence electrons. The molecule has 0 aromatic heterocycles. The van der Waals surface area contributed by atoms with Gasteiger partial charge in [0, 0.05) is 31.6 Å². The number of nitrogens with zero attached hydrogens (tertiary/aromatic N) is 1. The normalized spacial score (nSPS) is 19.1. The van der Waals surface area contributed by atoms with Gasteiger partial charge in [0.15, 0.2) is 0 Å². The van der Waals surface area contributed by atoms with E-state index in [1.54, 1.807) is 4.90 Å². The topological polar surface area (TPSA) is 32.3 Å². The van der Waals surface area contributed by atoms with Crippen molar-refractivity contribution in [2.75, 3.05) is 25.0 Å². The van der Waals surface area contributed by atoms with Crippen molar-refractivity contribution in [3.63, 3.8) is 0 Å². The van der Waals surface area contributed by atoms with Crippen molar-refractivity contribution in [1.82, 2.24) is 4.90 Å². The van der Waals surface area contributed by atoms with Gasteiger partial charge in [-0.3, -0.25) is 9.69 Å². The third-order valence-electron chi connectivity index (χ3n) is 3.37. The summed E-state index contributed by atoms with van der Waals surface area (Å²) in [6.45, 7) is 2.63. The number of benzene rings is 1. The van der Waals surface area contributed by atoms with Gasteiger partial charge < -0.3 is 5.32 Å². The van der Waals surface area contributed by atoms with E-state index in [-0.39, 0.29) is 38.4 Å². The Morgan fingerprint density at radius 3 is 2.58 bits per heavy atom. The monoisotopic (exact) mass is 268 g/mol. The van der Waals surface area contributed by atoms with E-state index in [1.807, 2.05) is 31.2 Å². The Bertz CT molecular complexity index is 453. The molecule has 0 saturated carbocycles. The quantitative estimate of drug-likeness (QED) is 0.914. The minimum absolute atomic E-state index is 0.153. The summed E-state index contributed by atoms with van der Waals surface area (Å²) in [5.41, 5.74) is 1.76. The highest BCUT2D eigenvalue weighted by atomic mass is 19.3. The molecule has 5 heteroatoms. The molecule has 1 aromatic carbocycles. The molecule has 3 nitrogen and oxygen atoms in total. The largest absolute Gasteiger partial charge is 0.325 e. The minimum Gasteiger partial charge on any atom is -0.325 e. The molecule has 1 fully saturated rings. The zero-order valence-corrected chi connectivity index (χ0v) is 11.0. The van der Waals surface area contributed by atoms with Crippen molar-refractivity contribution < 1.29 is 13.6 Å². The number of aryl methyl sites for hydroxylation is 1. The van der Waals surface area contributed by atoms with Crippen LogP contribution in [0.5, 0.6) is 0 Å². The van der Waals surface area contributed by atoms with Gasteiger partial charge in [0.1, 0.15) is 0 Å². The van der Waals surface area contributed by atoms with E-state index in [0.29, 0.717) is 0 Å². The maximum Gasteiger partial charge on any atom is 0.250 e. The molecule has 0 aliphatic carbocycles. The van der Waals surface area contributed by atoms with E-state index < -0.39 is 5.92 Å². The zero-order valence-electron chi connectivity index (χ0n) is 11.0. The predicted octanol–water partition coefficient (Wildman–Crippen LogP) is 2.66. The van der Waals surface area contributed by atoms with Crippen LogP contribution in [0.25, 0.3) is 0 Å². The molecule has 1 aromatic rings. The van der Waals surface area contributed by atoms with Crippen molar-refractivity contribution >= 4 is 11.6 Å². The van der Waals surface area contributed by atoms with Crippen LogP contribution in [-0.4, -0.2) is 36.4 Å². The fourth-order valence-electron chi connectivity index (χ4n) is 2.14. The van der Waals surface area contributed by atoms with Crippen molar-refractivity contribution in [3.8, 4) is 0 Å². The fourth-order valence-corrected chi connectivity index (χ4v) is 2.14. The number of alkyl halides is 2. The first kappa shape index (κ1) is 13.9. The van der Waals surface area contributed by atoms with E-state index in [9.17, 15) is 13.6 Å². The number of carbonyl (C=O) groups excluding carboxylic acids is 1. The Kier molecular flexibility index (Phi) is 4.14. The summed E-state index contributed by atoms with van der Waals surface area (Å²) in [6, 6.07) is 7.50. The molecule has 0 spiro atoms. The molecular weight excluding hydrogens is 250 g/mol. The second kappa shape index (κ2) is 5.65. The molecule has 0 atom stereocenters. The number of likely N-dealkylation sites (tertiary alicyclic amines) is 1. The third kappa shape index (κ3) is 3.99. The summed E-state index contributed by atoms with van der Waals surface area (Å²) in [7, 11) is 0. The Morgan fingerprint density at radius 1 is 1.32 bits per heavy atom. The number of rotatable bonds is 3. The van der Waals surface area contributed by atoms with Gasteiger partial charge in [-0.1, -0.05) is 18.2 Å². The first-order valence-electron chi connectivity index (χ1n) is 6.42. The third-order valence-corrected chi connectivity index (χ3v) is 3.37. The number of hydrogen-bond donors (Lipinski definition) is 1. The van der Waals surface area contributed by atoms with Crippen molar-refractivity contribution in [2.24, 2.45) is 0 Å². The van der Waals surface area contributed by atoms with E-state index in [2.05, 4.69) is 5.32 Å². The molecule has 19 heavy (non-hydrogen) atoms. The summed E-state index contributed by atoms with van der Waals surface area (Å²) >= 11 is 0. The van der Waals surface area contributed by atoms with E-state index in [0.717, 1.165) is 11.3 Å². The molecule has 1 aliphatic heterocycles. The Morgan fingerprint density at radius 2 is 1.95 bits per heavy atom. The molecule has 0 bridgehead atoms. The summed E-state index contributed by atoms with van der Waals surface area (Å²) in [6.07, 6.45) is -0.324. The molecule has 0 radical (unpaired) electrons. The Labute approximate surface area is 111 Å². The van der Waals surface area contributed by atoms with E-state index >= 15 is 0 Å². The van der Waals surface area contributed by atoms with Gasteiger partial charge in [-0.25, -0.2) is 8.78 Å². The number of anilines is 1. The Hall–Kier alpha value is -1.49. The lowest BCUT2D eigenvalue weighted by Crippen LogP contribution is -2.43. The van der Waals surface area contributed by atoms with E-state index in [1.165, 1.54) is 0 Å². The highest BCUT2D eigenvalue weighted by Gasteiger charge is 2.34. The summed E-state index contributed by atoms with van der Waals surface area (Å²) in [5.74, 6) is -2.72. The number of hydrogen-bond acceptors (Lipinski definition) is 2. The molecule has 1 amide bonds. The van der Waals surface area contributed by atoms with Gasteiger partial charge in [-0.15, -0.1) is 0 Å². The maximum absolute atomic E-state index is 13.0. The predicted molar refractivity (Wildman–Crippen MR) is 70.4 cm³/mol. The second-order valence-corrected chi connectivity index (χ2v) is 5.00. The standard InChI is InChI=1S/C14H18F2N2O/c1-11-4-2-3-5-12(11)17-13(19)10-18-8-6-14(15,16)7-9-18/h2-5H,6-10H2,1H3,(H,17,19). The van der Waals surface area contributed by atoms with Crippen LogP contribution in [0, 0.1) is 6.92 Å². The summed E-state index contributed by atoms with van der Waals surface area (Å²) in [4.78, 5) is 13.6. The highest BCUT2D eigenvalue weighted by molar-refractivity contribution is 5.92. The lowest BCUT2D eigenvalue weighted by molar-refractivity contribution is -0.119. The van der Waals surface area contributed by atoms with Gasteiger partial charge in [-0.05, 0) is 18.6 Å². The first-order chi connectivity index (χ1) is 8.96. The lowest BCUT2D eigenvalue weighted by Gasteiger charge is -2.31. The number of para-hydroxylation sites is 1. The smallest absolute Gasteiger partial charge is 0.250 e. The first-order valence-corrected chi connectivity index (χ1v) is 6.42. The van der Waals surface area contributed by atoms with Gasteiger partial charge >= 0.3 is 0 Å². The molecule has 1 heterocycles. The molecule has 0 unspecified atom stereocenters. The summed E-state index contributed by atoms with van der Waals surface area (Å²) in [5, 5.41) is 2.81. The van der Waals surface area contributed by atoms with Crippen LogP contribution in [0.15, 0.2) is 24.3 Å². The molecule has 1 N–H and O–H groups in total. The molecule has 1 saturated heterocycles. The highest BCUT2D eigenvalue weighted by Crippen LogP contribution is 2.27. The average molecular weight is 268 g/mol. The van der Waals surface area contributed by atoms with Crippen LogP contribution < -0.4 is 5.32 Å². The van der Waals surface area contributed by atoms with Gasteiger partial charge in [-0.2, -0.15) is 0 Å². The summed E-state index contributed by atoms with van der Waals surface area (Å²) < 4.78 is 26.0. The molecular formula is C14H18F2N2O. The van der Waals surface area contributed by atoms with E-state index in [4.69, 9.17) is 0 Å². The fraction of sp³-hybridized carbons (Fsp3) is 0.500. The average Bonchev–Trinajstić information content (AvgIpc) is 2.35. The van der Waals surface area contributed by atoms with Crippen LogP contribution in [0.4, 0.5) is 14.5 Å². The van der Waals surface area contributed by atoms with Crippen molar-refractivity contribution in [2.45, 2.75) is 25.7 Å². The molecule has 2 rings (SSSR count). The zero-order chi connectivity index (χ0) is 13.9. The van der Waals surface area contributed by atoms with Gasteiger partial charge in [0.2, 0.25) is 5.91 Å². The number of amides is 1. The lowest BCUT2D eigenvalue weighted by atomic mass is 10.1. The Balaban J connectivity index is 1.84. The van der Waals surface area contributed by atoms with Gasteiger partial charge in [0.25, 0.3) is 5.92 Å². The second-order valence-electron chi connectivity index (χ2n) is 5.00. The number of carbonyl (C=O) groups is 1. The number of piperidine rings is 1. The number of halogens is 2. The minimum atomic E-state index is -2.57. The van der Waals surface area contributed by atoms with Crippen LogP contribution in [-0.2, 0) is 4.79 Å². The SMILES string of the molecule is Cc1ccccc1NC(=O)CN1CCC(F)(F)CC1. The van der Waals surface area contributed by atoms with Gasteiger partial charge in [0.05, 0.1) is 6.54 Å². The van der Waals surface area contributed by atoms with Crippen LogP contribution >= 0.6 is 0 Å². The van der Waals surface area contributed by atoms with Crippen molar-refractivity contribution in [1.29, 1.82) is 0 Å². The maximum atomic E-state index is 13.0. The number of nitrogens with one attached hydrogen (secondary N) is 1. The van der Waals surface area contributed by atoms with Crippen LogP contribution in [0.3, 0.4) is 0 Å². The molecule has 1 aliphatic rings. The van der Waals surface area contributed by atoms with Crippen LogP contribution in [0.1, 0.15) is 18.4 Å². The van der Waals surface area contributed by atoms with Crippen molar-refractivity contribution in [3.05, 3.63) is 29.8 Å². The van der Waals surface area contributed by atoms with Crippen LogP contribution in [0.2, 0.25) is 0 Å².